The second-order valence-corrected chi connectivity index (χ2v) is 6.49. The largest absolute Gasteiger partial charge is 0.389 e. The molecule has 0 bridgehead atoms. The van der Waals surface area contributed by atoms with Crippen molar-refractivity contribution in [1.82, 2.24) is 0 Å². The van der Waals surface area contributed by atoms with Crippen LogP contribution in [0.3, 0.4) is 0 Å². The van der Waals surface area contributed by atoms with Crippen LogP contribution in [0.1, 0.15) is 50.7 Å². The Morgan fingerprint density at radius 1 is 1.29 bits per heavy atom. The fraction of sp³-hybridized carbons (Fsp3) is 0.571. The van der Waals surface area contributed by atoms with Gasteiger partial charge in [-0.1, -0.05) is 36.9 Å². The molecule has 94 valence electrons. The summed E-state index contributed by atoms with van der Waals surface area (Å²) in [6, 6.07) is 5.91. The van der Waals surface area contributed by atoms with Crippen molar-refractivity contribution in [3.63, 3.8) is 0 Å². The Morgan fingerprint density at radius 3 is 2.59 bits per heavy atom. The van der Waals surface area contributed by atoms with Crippen LogP contribution in [-0.4, -0.2) is 10.4 Å². The van der Waals surface area contributed by atoms with Gasteiger partial charge in [-0.2, -0.15) is 0 Å². The topological polar surface area (TPSA) is 20.2 Å². The lowest BCUT2D eigenvalue weighted by Gasteiger charge is -2.21. The molecule has 2 rings (SSSR count). The van der Waals surface area contributed by atoms with Crippen LogP contribution >= 0.6 is 23.4 Å². The lowest BCUT2D eigenvalue weighted by Crippen LogP contribution is -2.07. The molecule has 0 spiro atoms. The number of hydrogen-bond acceptors (Lipinski definition) is 2. The number of rotatable bonds is 3. The van der Waals surface area contributed by atoms with Gasteiger partial charge in [0.2, 0.25) is 0 Å². The van der Waals surface area contributed by atoms with E-state index >= 15 is 0 Å². The minimum Gasteiger partial charge on any atom is -0.389 e. The van der Waals surface area contributed by atoms with Crippen LogP contribution in [0.2, 0.25) is 5.02 Å². The number of thioether (sulfide) groups is 1. The van der Waals surface area contributed by atoms with E-state index in [-0.39, 0.29) is 0 Å². The molecule has 0 aromatic heterocycles. The number of benzene rings is 1. The zero-order valence-corrected chi connectivity index (χ0v) is 11.7. The van der Waals surface area contributed by atoms with Gasteiger partial charge in [0.25, 0.3) is 0 Å². The van der Waals surface area contributed by atoms with Crippen LogP contribution < -0.4 is 0 Å². The average Bonchev–Trinajstić information content (AvgIpc) is 2.33. The Bertz CT molecular complexity index is 372. The molecule has 0 heterocycles. The molecule has 0 radical (unpaired) electrons. The molecule has 3 heteroatoms. The summed E-state index contributed by atoms with van der Waals surface area (Å²) >= 11 is 8.16. The van der Waals surface area contributed by atoms with Gasteiger partial charge in [0.1, 0.15) is 0 Å². The fourth-order valence-corrected chi connectivity index (χ4v) is 3.80. The zero-order valence-electron chi connectivity index (χ0n) is 10.2. The van der Waals surface area contributed by atoms with E-state index in [9.17, 15) is 5.11 Å². The summed E-state index contributed by atoms with van der Waals surface area (Å²) < 4.78 is 0. The first-order valence-corrected chi connectivity index (χ1v) is 7.57. The smallest absolute Gasteiger partial charge is 0.0762 e. The number of hydrogen-bond donors (Lipinski definition) is 1. The highest BCUT2D eigenvalue weighted by Crippen LogP contribution is 2.37. The van der Waals surface area contributed by atoms with Gasteiger partial charge < -0.3 is 5.11 Å². The highest BCUT2D eigenvalue weighted by atomic mass is 35.5. The van der Waals surface area contributed by atoms with Gasteiger partial charge in [-0.05, 0) is 37.5 Å². The molecule has 0 saturated heterocycles. The molecule has 1 nitrogen and oxygen atoms in total. The van der Waals surface area contributed by atoms with Crippen molar-refractivity contribution in [3.05, 3.63) is 28.8 Å². The normalized spacial score (nSPS) is 19.2. The number of aliphatic hydroxyl groups excluding tert-OH is 1. The minimum atomic E-state index is -0.443. The molecule has 0 aliphatic heterocycles. The third-order valence-corrected chi connectivity index (χ3v) is 5.12. The summed E-state index contributed by atoms with van der Waals surface area (Å²) in [7, 11) is 0. The van der Waals surface area contributed by atoms with Gasteiger partial charge in [0.15, 0.2) is 0 Å². The Hall–Kier alpha value is -0.180. The van der Waals surface area contributed by atoms with Crippen molar-refractivity contribution in [2.75, 3.05) is 0 Å². The summed E-state index contributed by atoms with van der Waals surface area (Å²) in [5, 5.41) is 11.0. The Morgan fingerprint density at radius 2 is 2.00 bits per heavy atom. The third kappa shape index (κ3) is 3.64. The molecule has 0 unspecified atom stereocenters. The van der Waals surface area contributed by atoms with Crippen LogP contribution in [0, 0.1) is 0 Å². The van der Waals surface area contributed by atoms with E-state index in [0.29, 0.717) is 0 Å². The predicted octanol–water partition coefficient (Wildman–Crippen LogP) is 4.82. The molecule has 1 aromatic carbocycles. The predicted molar refractivity (Wildman–Crippen MR) is 74.8 cm³/mol. The summed E-state index contributed by atoms with van der Waals surface area (Å²) in [5.74, 6) is 0. The van der Waals surface area contributed by atoms with Crippen LogP contribution in [0.4, 0.5) is 0 Å². The average molecular weight is 271 g/mol. The first kappa shape index (κ1) is 13.3. The van der Waals surface area contributed by atoms with Crippen LogP contribution in [-0.2, 0) is 0 Å². The van der Waals surface area contributed by atoms with Crippen molar-refractivity contribution in [2.24, 2.45) is 0 Å². The highest BCUT2D eigenvalue weighted by molar-refractivity contribution is 8.00. The van der Waals surface area contributed by atoms with Crippen molar-refractivity contribution < 1.29 is 5.11 Å². The van der Waals surface area contributed by atoms with Crippen LogP contribution in [0.5, 0.6) is 0 Å². The second kappa shape index (κ2) is 6.12. The van der Waals surface area contributed by atoms with E-state index in [4.69, 9.17) is 11.6 Å². The molecule has 1 fully saturated rings. The van der Waals surface area contributed by atoms with Crippen LogP contribution in [0.25, 0.3) is 0 Å². The first-order valence-electron chi connectivity index (χ1n) is 6.31. The van der Waals surface area contributed by atoms with Crippen LogP contribution in [0.15, 0.2) is 23.1 Å². The molecule has 1 N–H and O–H groups in total. The summed E-state index contributed by atoms with van der Waals surface area (Å²) in [4.78, 5) is 1.16. The van der Waals surface area contributed by atoms with Crippen molar-refractivity contribution in [3.8, 4) is 0 Å². The molecule has 0 amide bonds. The van der Waals surface area contributed by atoms with Crippen molar-refractivity contribution in [1.29, 1.82) is 0 Å². The van der Waals surface area contributed by atoms with Gasteiger partial charge in [-0.15, -0.1) is 11.8 Å². The van der Waals surface area contributed by atoms with Crippen molar-refractivity contribution in [2.45, 2.75) is 55.3 Å². The zero-order chi connectivity index (χ0) is 12.3. The maximum atomic E-state index is 9.50. The molecular weight excluding hydrogens is 252 g/mol. The Labute approximate surface area is 113 Å². The summed E-state index contributed by atoms with van der Waals surface area (Å²) in [6.07, 6.45) is 6.24. The number of aliphatic hydroxyl groups is 1. The molecule has 1 aliphatic rings. The molecule has 1 aliphatic carbocycles. The van der Waals surface area contributed by atoms with Gasteiger partial charge in [-0.25, -0.2) is 0 Å². The van der Waals surface area contributed by atoms with E-state index in [1.54, 1.807) is 6.92 Å². The quantitative estimate of drug-likeness (QED) is 0.850. The maximum Gasteiger partial charge on any atom is 0.0762 e. The maximum absolute atomic E-state index is 9.50. The number of halogens is 1. The van der Waals surface area contributed by atoms with E-state index < -0.39 is 6.10 Å². The first-order chi connectivity index (χ1) is 8.16. The van der Waals surface area contributed by atoms with Gasteiger partial charge in [0.05, 0.1) is 11.1 Å². The van der Waals surface area contributed by atoms with Gasteiger partial charge in [-0.3, -0.25) is 0 Å². The second-order valence-electron chi connectivity index (χ2n) is 4.74. The summed E-state index contributed by atoms with van der Waals surface area (Å²) in [6.45, 7) is 1.76. The molecule has 17 heavy (non-hydrogen) atoms. The SMILES string of the molecule is C[C@H](O)c1ccc(SC2CCCCC2)c(Cl)c1. The lowest BCUT2D eigenvalue weighted by molar-refractivity contribution is 0.199. The third-order valence-electron chi connectivity index (χ3n) is 3.28. The van der Waals surface area contributed by atoms with E-state index in [0.717, 1.165) is 20.7 Å². The molecular formula is C14H19ClOS. The van der Waals surface area contributed by atoms with E-state index in [1.807, 2.05) is 30.0 Å². The Kier molecular flexibility index (Phi) is 4.78. The lowest BCUT2D eigenvalue weighted by atomic mass is 10.0. The molecule has 1 aromatic rings. The van der Waals surface area contributed by atoms with Gasteiger partial charge in [0, 0.05) is 10.1 Å². The summed E-state index contributed by atoms with van der Waals surface area (Å²) in [5.41, 5.74) is 0.892. The monoisotopic (exact) mass is 270 g/mol. The van der Waals surface area contributed by atoms with E-state index in [2.05, 4.69) is 0 Å². The standard InChI is InChI=1S/C14H19ClOS/c1-10(16)11-7-8-14(13(15)9-11)17-12-5-3-2-4-6-12/h7-10,12,16H,2-6H2,1H3/t10-/m0/s1. The minimum absolute atomic E-state index is 0.443. The molecule has 1 atom stereocenters. The fourth-order valence-electron chi connectivity index (χ4n) is 2.24. The highest BCUT2D eigenvalue weighted by Gasteiger charge is 2.16. The van der Waals surface area contributed by atoms with Gasteiger partial charge >= 0.3 is 0 Å². The Balaban J connectivity index is 2.05. The van der Waals surface area contributed by atoms with E-state index in [1.165, 1.54) is 32.1 Å². The van der Waals surface area contributed by atoms with Crippen molar-refractivity contribution >= 4 is 23.4 Å². The molecule has 1 saturated carbocycles.